The summed E-state index contributed by atoms with van der Waals surface area (Å²) in [6.45, 7) is 4.45. The molecule has 0 aliphatic heterocycles. The van der Waals surface area contributed by atoms with E-state index in [0.29, 0.717) is 25.1 Å². The van der Waals surface area contributed by atoms with Crippen LogP contribution in [0.3, 0.4) is 0 Å². The number of esters is 1. The third-order valence-electron chi connectivity index (χ3n) is 8.66. The number of ether oxygens (including phenoxy) is 1. The van der Waals surface area contributed by atoms with Gasteiger partial charge in [0, 0.05) is 19.5 Å². The van der Waals surface area contributed by atoms with Gasteiger partial charge in [0.25, 0.3) is 0 Å². The zero-order chi connectivity index (χ0) is 33.2. The molecule has 0 unspecified atom stereocenters. The zero-order valence-corrected chi connectivity index (χ0v) is 27.2. The lowest BCUT2D eigenvalue weighted by Crippen LogP contribution is -2.51. The largest absolute Gasteiger partial charge is 0.480 e. The van der Waals surface area contributed by atoms with E-state index in [2.05, 4.69) is 5.32 Å². The summed E-state index contributed by atoms with van der Waals surface area (Å²) in [5.41, 5.74) is 6.50. The molecule has 0 heterocycles. The number of rotatable bonds is 14. The number of nitrogens with zero attached hydrogens (tertiary/aromatic N) is 1. The summed E-state index contributed by atoms with van der Waals surface area (Å²) in [5, 5.41) is 12.8. The summed E-state index contributed by atoms with van der Waals surface area (Å²) < 4.78 is 5.92. The van der Waals surface area contributed by atoms with Gasteiger partial charge in [0.2, 0.25) is 0 Å². The smallest absolute Gasteiger partial charge is 0.326 e. The van der Waals surface area contributed by atoms with Crippen molar-refractivity contribution in [3.8, 4) is 16.9 Å². The minimum Gasteiger partial charge on any atom is -0.480 e. The molecule has 244 valence electrons. The van der Waals surface area contributed by atoms with Crippen LogP contribution in [-0.4, -0.2) is 47.1 Å². The molecule has 2 amide bonds. The average Bonchev–Trinajstić information content (AvgIpc) is 3.55. The Kier molecular flexibility index (Phi) is 11.4. The van der Waals surface area contributed by atoms with Crippen LogP contribution in [0, 0.1) is 11.8 Å². The van der Waals surface area contributed by atoms with Crippen LogP contribution in [0.1, 0.15) is 48.9 Å². The first kappa shape index (κ1) is 33.5. The van der Waals surface area contributed by atoms with E-state index in [1.165, 1.54) is 11.1 Å². The molecule has 0 bridgehead atoms. The van der Waals surface area contributed by atoms with Gasteiger partial charge in [0.15, 0.2) is 0 Å². The van der Waals surface area contributed by atoms with Crippen LogP contribution < -0.4 is 10.1 Å². The van der Waals surface area contributed by atoms with Gasteiger partial charge in [-0.3, -0.25) is 4.79 Å². The standard InChI is InChI=1S/C40H44N2O5/c1-28(2)26-42(40(46)41-37(38(43)44)24-30-17-19-33(20-18-30)31-12-7-4-8-13-31)27-35(21-16-29-10-5-3-6-11-29)39(45)47-36-23-22-32-14-9-15-34(32)25-36/h3-8,10-13,17-20,22-23,25,28,35,37H,9,14-16,21,24,26-27H2,1-2H3,(H,41,46)(H,43,44)/t35-,37-/m0/s1. The molecule has 0 radical (unpaired) electrons. The highest BCUT2D eigenvalue weighted by Crippen LogP contribution is 2.27. The molecular formula is C40H44N2O5. The Bertz CT molecular complexity index is 1640. The maximum atomic E-state index is 13.7. The minimum absolute atomic E-state index is 0.0945. The number of carbonyl (C=O) groups excluding carboxylic acids is 2. The second-order valence-corrected chi connectivity index (χ2v) is 12.8. The normalized spacial score (nSPS) is 13.4. The molecule has 47 heavy (non-hydrogen) atoms. The number of aliphatic carboxylic acids is 1. The van der Waals surface area contributed by atoms with Gasteiger partial charge >= 0.3 is 18.0 Å². The summed E-state index contributed by atoms with van der Waals surface area (Å²) in [4.78, 5) is 41.4. The molecule has 7 nitrogen and oxygen atoms in total. The van der Waals surface area contributed by atoms with Crippen LogP contribution in [-0.2, 0) is 35.3 Å². The molecule has 0 aromatic heterocycles. The Balaban J connectivity index is 1.30. The van der Waals surface area contributed by atoms with Crippen LogP contribution in [0.4, 0.5) is 4.79 Å². The Morgan fingerprint density at radius 2 is 1.45 bits per heavy atom. The van der Waals surface area contributed by atoms with Gasteiger partial charge in [-0.05, 0) is 83.5 Å². The first-order valence-corrected chi connectivity index (χ1v) is 16.5. The minimum atomic E-state index is -1.14. The van der Waals surface area contributed by atoms with Gasteiger partial charge in [0.05, 0.1) is 5.92 Å². The first-order valence-electron chi connectivity index (χ1n) is 16.5. The van der Waals surface area contributed by atoms with Crippen molar-refractivity contribution in [2.24, 2.45) is 11.8 Å². The molecule has 4 aromatic rings. The number of carboxylic acids is 1. The molecule has 0 saturated heterocycles. The SMILES string of the molecule is CC(C)CN(C[C@H](CCc1ccccc1)C(=O)Oc1ccc2c(c1)CCC2)C(=O)N[C@@H](Cc1ccc(-c2ccccc2)cc1)C(=O)O. The molecule has 1 aliphatic rings. The number of fused-ring (bicyclic) bond motifs is 1. The number of benzene rings is 4. The van der Waals surface area contributed by atoms with Crippen LogP contribution in [0.15, 0.2) is 103 Å². The summed E-state index contributed by atoms with van der Waals surface area (Å²) >= 11 is 0. The van der Waals surface area contributed by atoms with Gasteiger partial charge < -0.3 is 20.1 Å². The van der Waals surface area contributed by atoms with Crippen molar-refractivity contribution in [3.63, 3.8) is 0 Å². The van der Waals surface area contributed by atoms with Crippen molar-refractivity contribution in [1.29, 1.82) is 0 Å². The van der Waals surface area contributed by atoms with Crippen LogP contribution in [0.2, 0.25) is 0 Å². The van der Waals surface area contributed by atoms with E-state index < -0.39 is 29.9 Å². The average molecular weight is 633 g/mol. The molecule has 2 atom stereocenters. The highest BCUT2D eigenvalue weighted by molar-refractivity contribution is 5.83. The topological polar surface area (TPSA) is 95.9 Å². The quantitative estimate of drug-likeness (QED) is 0.112. The first-order chi connectivity index (χ1) is 22.7. The maximum Gasteiger partial charge on any atom is 0.326 e. The fourth-order valence-corrected chi connectivity index (χ4v) is 6.17. The maximum absolute atomic E-state index is 13.7. The van der Waals surface area contributed by atoms with Crippen molar-refractivity contribution in [3.05, 3.63) is 125 Å². The second-order valence-electron chi connectivity index (χ2n) is 12.8. The Morgan fingerprint density at radius 1 is 0.787 bits per heavy atom. The molecule has 2 N–H and O–H groups in total. The van der Waals surface area contributed by atoms with E-state index in [1.807, 2.05) is 117 Å². The Labute approximate surface area is 277 Å². The van der Waals surface area contributed by atoms with E-state index in [0.717, 1.165) is 41.5 Å². The van der Waals surface area contributed by atoms with Crippen molar-refractivity contribution >= 4 is 18.0 Å². The van der Waals surface area contributed by atoms with E-state index >= 15 is 0 Å². The summed E-state index contributed by atoms with van der Waals surface area (Å²) in [6, 6.07) is 31.8. The van der Waals surface area contributed by atoms with E-state index in [9.17, 15) is 19.5 Å². The number of urea groups is 1. The third kappa shape index (κ3) is 9.55. The number of amides is 2. The Morgan fingerprint density at radius 3 is 2.13 bits per heavy atom. The molecule has 0 spiro atoms. The summed E-state index contributed by atoms with van der Waals surface area (Å²) in [6.07, 6.45) is 4.36. The number of carbonyl (C=O) groups is 3. The van der Waals surface area contributed by atoms with Gasteiger partial charge in [-0.25, -0.2) is 9.59 Å². The van der Waals surface area contributed by atoms with E-state index in [1.54, 1.807) is 4.90 Å². The van der Waals surface area contributed by atoms with Crippen molar-refractivity contribution in [1.82, 2.24) is 10.2 Å². The fraction of sp³-hybridized carbons (Fsp3) is 0.325. The number of carboxylic acid groups (broad SMARTS) is 1. The lowest BCUT2D eigenvalue weighted by molar-refractivity contribution is -0.140. The van der Waals surface area contributed by atoms with Crippen LogP contribution in [0.25, 0.3) is 11.1 Å². The lowest BCUT2D eigenvalue weighted by atomic mass is 9.98. The monoisotopic (exact) mass is 632 g/mol. The van der Waals surface area contributed by atoms with E-state index in [4.69, 9.17) is 4.74 Å². The number of hydrogen-bond acceptors (Lipinski definition) is 4. The lowest BCUT2D eigenvalue weighted by Gasteiger charge is -2.30. The van der Waals surface area contributed by atoms with E-state index in [-0.39, 0.29) is 18.9 Å². The fourth-order valence-electron chi connectivity index (χ4n) is 6.17. The predicted molar refractivity (Wildman–Crippen MR) is 184 cm³/mol. The molecular weight excluding hydrogens is 588 g/mol. The van der Waals surface area contributed by atoms with Gasteiger partial charge in [-0.2, -0.15) is 0 Å². The molecule has 0 saturated carbocycles. The molecule has 1 aliphatic carbocycles. The number of aryl methyl sites for hydroxylation is 3. The second kappa shape index (κ2) is 16.1. The van der Waals surface area contributed by atoms with Gasteiger partial charge in [-0.1, -0.05) is 105 Å². The number of hydrogen-bond donors (Lipinski definition) is 2. The molecule has 0 fully saturated rings. The van der Waals surface area contributed by atoms with Crippen molar-refractivity contribution < 1.29 is 24.2 Å². The van der Waals surface area contributed by atoms with Crippen LogP contribution in [0.5, 0.6) is 5.75 Å². The zero-order valence-electron chi connectivity index (χ0n) is 27.2. The van der Waals surface area contributed by atoms with Crippen molar-refractivity contribution in [2.75, 3.05) is 13.1 Å². The van der Waals surface area contributed by atoms with Gasteiger partial charge in [0.1, 0.15) is 11.8 Å². The molecule has 5 rings (SSSR count). The van der Waals surface area contributed by atoms with Crippen LogP contribution >= 0.6 is 0 Å². The highest BCUT2D eigenvalue weighted by atomic mass is 16.5. The predicted octanol–water partition coefficient (Wildman–Crippen LogP) is 7.36. The third-order valence-corrected chi connectivity index (χ3v) is 8.66. The molecule has 4 aromatic carbocycles. The molecule has 7 heteroatoms. The van der Waals surface area contributed by atoms with Gasteiger partial charge in [-0.15, -0.1) is 0 Å². The highest BCUT2D eigenvalue weighted by Gasteiger charge is 2.30. The summed E-state index contributed by atoms with van der Waals surface area (Å²) in [5.74, 6) is -1.51. The van der Waals surface area contributed by atoms with Crippen molar-refractivity contribution in [2.45, 2.75) is 58.4 Å². The summed E-state index contributed by atoms with van der Waals surface area (Å²) in [7, 11) is 0. The number of nitrogens with one attached hydrogen (secondary N) is 1. The Hall–Kier alpha value is -4.91.